The Balaban J connectivity index is 1.49. The van der Waals surface area contributed by atoms with E-state index < -0.39 is 22.6 Å². The Bertz CT molecular complexity index is 1380. The lowest BCUT2D eigenvalue weighted by Gasteiger charge is -2.16. The minimum absolute atomic E-state index is 0.00855. The topological polar surface area (TPSA) is 122 Å². The average molecular weight is 515 g/mol. The molecule has 1 aliphatic heterocycles. The second-order valence-corrected chi connectivity index (χ2v) is 8.21. The number of carbonyl (C=O) groups excluding carboxylic acids is 3. The van der Waals surface area contributed by atoms with Gasteiger partial charge >= 0.3 is 0 Å². The summed E-state index contributed by atoms with van der Waals surface area (Å²) in [5.41, 5.74) is 0.717. The van der Waals surface area contributed by atoms with Crippen molar-refractivity contribution < 1.29 is 19.3 Å². The lowest BCUT2D eigenvalue weighted by atomic mass is 10.1. The largest absolute Gasteiger partial charge is 0.331 e. The molecular formula is C22H12Cl2N4O5S. The van der Waals surface area contributed by atoms with Crippen LogP contribution in [-0.2, 0) is 0 Å². The highest BCUT2D eigenvalue weighted by molar-refractivity contribution is 7.80. The van der Waals surface area contributed by atoms with Gasteiger partial charge in [0, 0.05) is 12.1 Å². The van der Waals surface area contributed by atoms with Crippen LogP contribution in [-0.4, -0.2) is 27.8 Å². The molecule has 1 aliphatic rings. The monoisotopic (exact) mass is 514 g/mol. The number of non-ortho nitro benzene ring substituents is 1. The number of nitro groups is 1. The fourth-order valence-electron chi connectivity index (χ4n) is 3.29. The van der Waals surface area contributed by atoms with E-state index in [1.807, 2.05) is 0 Å². The summed E-state index contributed by atoms with van der Waals surface area (Å²) in [4.78, 5) is 49.1. The number of anilines is 2. The number of nitro benzene ring substituents is 1. The van der Waals surface area contributed by atoms with Crippen LogP contribution in [0.25, 0.3) is 0 Å². The number of nitrogens with zero attached hydrogens (tertiary/aromatic N) is 2. The molecule has 2 N–H and O–H groups in total. The molecule has 3 aromatic carbocycles. The predicted octanol–water partition coefficient (Wildman–Crippen LogP) is 4.83. The van der Waals surface area contributed by atoms with Gasteiger partial charge in [0.15, 0.2) is 5.11 Å². The Morgan fingerprint density at radius 2 is 1.59 bits per heavy atom. The Labute approximate surface area is 207 Å². The number of rotatable bonds is 4. The zero-order chi connectivity index (χ0) is 24.6. The molecule has 0 radical (unpaired) electrons. The smallest absolute Gasteiger partial charge is 0.270 e. The van der Waals surface area contributed by atoms with Crippen molar-refractivity contribution in [2.24, 2.45) is 0 Å². The molecule has 0 atom stereocenters. The van der Waals surface area contributed by atoms with Gasteiger partial charge in [-0.1, -0.05) is 35.3 Å². The minimum Gasteiger partial charge on any atom is -0.331 e. The third-order valence-electron chi connectivity index (χ3n) is 4.89. The number of imide groups is 1. The van der Waals surface area contributed by atoms with Gasteiger partial charge < -0.3 is 5.32 Å². The molecule has 0 fully saturated rings. The summed E-state index contributed by atoms with van der Waals surface area (Å²) in [5, 5.41) is 16.0. The molecule has 0 aromatic heterocycles. The first-order chi connectivity index (χ1) is 16.2. The maximum Gasteiger partial charge on any atom is 0.270 e. The quantitative estimate of drug-likeness (QED) is 0.221. The molecule has 1 heterocycles. The number of fused-ring (bicyclic) bond motifs is 1. The molecule has 0 unspecified atom stereocenters. The summed E-state index contributed by atoms with van der Waals surface area (Å²) in [6.45, 7) is 0. The van der Waals surface area contributed by atoms with Crippen LogP contribution < -0.4 is 15.5 Å². The number of carbonyl (C=O) groups is 3. The van der Waals surface area contributed by atoms with Crippen molar-refractivity contribution in [3.8, 4) is 0 Å². The van der Waals surface area contributed by atoms with Gasteiger partial charge in [0.05, 0.1) is 43.0 Å². The van der Waals surface area contributed by atoms with E-state index in [1.165, 1.54) is 30.3 Å². The summed E-state index contributed by atoms with van der Waals surface area (Å²) in [7, 11) is 0. The number of hydrogen-bond acceptors (Lipinski definition) is 6. The second kappa shape index (κ2) is 9.18. The van der Waals surface area contributed by atoms with Crippen LogP contribution in [0.4, 0.5) is 17.1 Å². The summed E-state index contributed by atoms with van der Waals surface area (Å²) in [6, 6.07) is 14.3. The molecule has 3 amide bonds. The molecule has 0 saturated heterocycles. The van der Waals surface area contributed by atoms with Crippen LogP contribution in [0, 0.1) is 10.1 Å². The lowest BCUT2D eigenvalue weighted by Crippen LogP contribution is -2.34. The maximum atomic E-state index is 12.7. The van der Waals surface area contributed by atoms with Gasteiger partial charge in [-0.15, -0.1) is 0 Å². The third kappa shape index (κ3) is 4.34. The van der Waals surface area contributed by atoms with Gasteiger partial charge in [-0.2, -0.15) is 0 Å². The number of halogens is 2. The van der Waals surface area contributed by atoms with E-state index in [9.17, 15) is 24.5 Å². The van der Waals surface area contributed by atoms with Crippen molar-refractivity contribution in [1.29, 1.82) is 0 Å². The Morgan fingerprint density at radius 3 is 2.18 bits per heavy atom. The highest BCUT2D eigenvalue weighted by atomic mass is 35.5. The minimum atomic E-state index is -0.759. The van der Waals surface area contributed by atoms with Crippen molar-refractivity contribution in [2.75, 3.05) is 10.2 Å². The maximum absolute atomic E-state index is 12.7. The molecule has 0 bridgehead atoms. The first-order valence-corrected chi connectivity index (χ1v) is 10.7. The predicted molar refractivity (Wildman–Crippen MR) is 131 cm³/mol. The van der Waals surface area contributed by atoms with Crippen LogP contribution in [0.1, 0.15) is 31.1 Å². The highest BCUT2D eigenvalue weighted by Gasteiger charge is 2.36. The van der Waals surface area contributed by atoms with Gasteiger partial charge in [0.2, 0.25) is 0 Å². The van der Waals surface area contributed by atoms with Crippen LogP contribution in [0.15, 0.2) is 60.7 Å². The first kappa shape index (κ1) is 23.3. The van der Waals surface area contributed by atoms with Gasteiger partial charge in [-0.05, 0) is 48.6 Å². The normalized spacial score (nSPS) is 12.4. The summed E-state index contributed by atoms with van der Waals surface area (Å²) in [6.07, 6.45) is 0. The Hall–Kier alpha value is -3.86. The summed E-state index contributed by atoms with van der Waals surface area (Å²) >= 11 is 17.4. The zero-order valence-electron chi connectivity index (χ0n) is 16.9. The van der Waals surface area contributed by atoms with Crippen molar-refractivity contribution >= 4 is 75.3 Å². The SMILES string of the molecule is O=C(NC(=S)Nc1ccc(N2C(=O)c3ccccc3C2=O)cc1Cl)c1cc([N+](=O)[O-])ccc1Cl. The number of hydrogen-bond donors (Lipinski definition) is 2. The molecule has 0 spiro atoms. The van der Waals surface area contributed by atoms with E-state index in [0.29, 0.717) is 11.1 Å². The number of thiocarbonyl (C=S) groups is 1. The van der Waals surface area contributed by atoms with Crippen LogP contribution >= 0.6 is 35.4 Å². The van der Waals surface area contributed by atoms with E-state index >= 15 is 0 Å². The summed E-state index contributed by atoms with van der Waals surface area (Å²) < 4.78 is 0. The van der Waals surface area contributed by atoms with E-state index in [0.717, 1.165) is 11.0 Å². The molecule has 0 saturated carbocycles. The number of benzene rings is 3. The Kier molecular flexibility index (Phi) is 6.29. The van der Waals surface area contributed by atoms with Gasteiger partial charge in [0.1, 0.15) is 0 Å². The van der Waals surface area contributed by atoms with Gasteiger partial charge in [-0.3, -0.25) is 29.8 Å². The summed E-state index contributed by atoms with van der Waals surface area (Å²) in [5.74, 6) is -1.69. The molecule has 170 valence electrons. The van der Waals surface area contributed by atoms with Crippen molar-refractivity contribution in [3.63, 3.8) is 0 Å². The van der Waals surface area contributed by atoms with E-state index in [1.54, 1.807) is 24.3 Å². The van der Waals surface area contributed by atoms with Gasteiger partial charge in [-0.25, -0.2) is 4.90 Å². The third-order valence-corrected chi connectivity index (χ3v) is 5.73. The van der Waals surface area contributed by atoms with E-state index in [2.05, 4.69) is 10.6 Å². The number of amides is 3. The fourth-order valence-corrected chi connectivity index (χ4v) is 3.92. The molecule has 12 heteroatoms. The molecular weight excluding hydrogens is 503 g/mol. The zero-order valence-corrected chi connectivity index (χ0v) is 19.2. The number of nitrogens with one attached hydrogen (secondary N) is 2. The van der Waals surface area contributed by atoms with Crippen molar-refractivity contribution in [3.05, 3.63) is 97.5 Å². The van der Waals surface area contributed by atoms with Gasteiger partial charge in [0.25, 0.3) is 23.4 Å². The molecule has 0 aliphatic carbocycles. The molecule has 3 aromatic rings. The van der Waals surface area contributed by atoms with Crippen LogP contribution in [0.5, 0.6) is 0 Å². The van der Waals surface area contributed by atoms with E-state index in [4.69, 9.17) is 35.4 Å². The Morgan fingerprint density at radius 1 is 0.941 bits per heavy atom. The second-order valence-electron chi connectivity index (χ2n) is 6.98. The standard InChI is InChI=1S/C22H12Cl2N4O5S/c23-16-7-5-12(28(32)33)9-15(16)19(29)26-22(34)25-18-8-6-11(10-17(18)24)27-20(30)13-3-1-2-4-14(13)21(27)31/h1-10H,(H2,25,26,29,34). The fraction of sp³-hybridized carbons (Fsp3) is 0. The molecule has 4 rings (SSSR count). The van der Waals surface area contributed by atoms with Crippen molar-refractivity contribution in [1.82, 2.24) is 5.32 Å². The average Bonchev–Trinajstić information content (AvgIpc) is 3.05. The van der Waals surface area contributed by atoms with Crippen LogP contribution in [0.3, 0.4) is 0 Å². The van der Waals surface area contributed by atoms with Crippen LogP contribution in [0.2, 0.25) is 10.0 Å². The molecule has 34 heavy (non-hydrogen) atoms. The lowest BCUT2D eigenvalue weighted by molar-refractivity contribution is -0.384. The highest BCUT2D eigenvalue weighted by Crippen LogP contribution is 2.33. The van der Waals surface area contributed by atoms with Crippen molar-refractivity contribution in [2.45, 2.75) is 0 Å². The van der Waals surface area contributed by atoms with E-state index in [-0.39, 0.29) is 37.8 Å². The first-order valence-electron chi connectivity index (χ1n) is 9.51. The molecule has 9 nitrogen and oxygen atoms in total.